The van der Waals surface area contributed by atoms with Crippen LogP contribution < -0.4 is 4.74 Å². The molecule has 0 aliphatic carbocycles. The van der Waals surface area contributed by atoms with E-state index in [9.17, 15) is 9.90 Å². The fourth-order valence-electron chi connectivity index (χ4n) is 5.64. The molecule has 2 N–H and O–H groups in total. The Balaban J connectivity index is 1.74. The van der Waals surface area contributed by atoms with Crippen molar-refractivity contribution in [2.24, 2.45) is 0 Å². The van der Waals surface area contributed by atoms with Gasteiger partial charge in [0.25, 0.3) is 0 Å². The van der Waals surface area contributed by atoms with Crippen molar-refractivity contribution in [1.82, 2.24) is 0 Å². The number of ether oxygens (including phenoxy) is 2. The van der Waals surface area contributed by atoms with Gasteiger partial charge in [-0.1, -0.05) is 160 Å². The first kappa shape index (κ1) is 39.0. The van der Waals surface area contributed by atoms with Crippen LogP contribution in [0.15, 0.2) is 24.3 Å². The highest BCUT2D eigenvalue weighted by Gasteiger charge is 2.02. The Labute approximate surface area is 264 Å². The van der Waals surface area contributed by atoms with Crippen LogP contribution in [0.4, 0.5) is 0 Å². The van der Waals surface area contributed by atoms with Gasteiger partial charge >= 0.3 is 5.97 Å². The molecule has 0 amide bonds. The first-order valence-electron chi connectivity index (χ1n) is 18.0. The molecule has 5 heteroatoms. The van der Waals surface area contributed by atoms with Gasteiger partial charge in [-0.2, -0.15) is 0 Å². The summed E-state index contributed by atoms with van der Waals surface area (Å²) in [4.78, 5) is 11.9. The van der Waals surface area contributed by atoms with Crippen LogP contribution in [0, 0.1) is 0 Å². The van der Waals surface area contributed by atoms with Crippen molar-refractivity contribution in [3.8, 4) is 11.5 Å². The summed E-state index contributed by atoms with van der Waals surface area (Å²) in [7, 11) is 1.50. The highest BCUT2D eigenvalue weighted by atomic mass is 16.5. The van der Waals surface area contributed by atoms with Crippen molar-refractivity contribution in [3.05, 3.63) is 29.8 Å². The van der Waals surface area contributed by atoms with Gasteiger partial charge in [0.05, 0.1) is 13.7 Å². The van der Waals surface area contributed by atoms with E-state index in [0.29, 0.717) is 19.0 Å². The molecule has 0 aliphatic heterocycles. The maximum Gasteiger partial charge on any atom is 0.330 e. The second kappa shape index (κ2) is 30.0. The molecule has 0 radical (unpaired) electrons. The minimum atomic E-state index is -0.336. The van der Waals surface area contributed by atoms with E-state index >= 15 is 0 Å². The number of rotatable bonds is 31. The number of benzene rings is 1. The van der Waals surface area contributed by atoms with E-state index in [-0.39, 0.29) is 11.7 Å². The van der Waals surface area contributed by atoms with Crippen LogP contribution >= 0.6 is 0 Å². The van der Waals surface area contributed by atoms with Gasteiger partial charge in [0.15, 0.2) is 11.5 Å². The number of unbranched alkanes of at least 4 members (excludes halogenated alkanes) is 25. The van der Waals surface area contributed by atoms with Crippen molar-refractivity contribution in [1.29, 1.82) is 0 Å². The van der Waals surface area contributed by atoms with Gasteiger partial charge in [0.1, 0.15) is 0 Å². The van der Waals surface area contributed by atoms with Crippen LogP contribution in [0.3, 0.4) is 0 Å². The summed E-state index contributed by atoms with van der Waals surface area (Å²) in [5, 5.41) is 18.4. The minimum Gasteiger partial charge on any atom is -0.504 e. The average molecular weight is 603 g/mol. The summed E-state index contributed by atoms with van der Waals surface area (Å²) in [6.45, 7) is 0.828. The van der Waals surface area contributed by atoms with Gasteiger partial charge in [-0.15, -0.1) is 0 Å². The number of hydrogen-bond donors (Lipinski definition) is 2. The van der Waals surface area contributed by atoms with Gasteiger partial charge in [0.2, 0.25) is 0 Å². The van der Waals surface area contributed by atoms with Crippen molar-refractivity contribution in [2.75, 3.05) is 20.3 Å². The second-order valence-corrected chi connectivity index (χ2v) is 12.3. The summed E-state index contributed by atoms with van der Waals surface area (Å²) in [6.07, 6.45) is 37.8. The van der Waals surface area contributed by atoms with Crippen LogP contribution in [-0.2, 0) is 9.53 Å². The highest BCUT2D eigenvalue weighted by molar-refractivity contribution is 5.87. The lowest BCUT2D eigenvalue weighted by molar-refractivity contribution is -0.137. The zero-order valence-corrected chi connectivity index (χ0v) is 27.8. The summed E-state index contributed by atoms with van der Waals surface area (Å²) < 4.78 is 10.4. The van der Waals surface area contributed by atoms with E-state index in [1.54, 1.807) is 24.3 Å². The van der Waals surface area contributed by atoms with Gasteiger partial charge in [-0.3, -0.25) is 0 Å². The summed E-state index contributed by atoms with van der Waals surface area (Å²) in [5.41, 5.74) is 0.776. The molecule has 0 spiro atoms. The molecule has 0 unspecified atom stereocenters. The van der Waals surface area contributed by atoms with Crippen LogP contribution in [-0.4, -0.2) is 36.5 Å². The topological polar surface area (TPSA) is 76.0 Å². The normalized spacial score (nSPS) is 11.4. The number of aliphatic hydroxyl groups excluding tert-OH is 1. The number of phenolic OH excluding ortho intramolecular Hbond substituents is 1. The summed E-state index contributed by atoms with van der Waals surface area (Å²) in [5.74, 6) is 0.125. The molecule has 0 aliphatic rings. The van der Waals surface area contributed by atoms with E-state index in [4.69, 9.17) is 14.6 Å². The average Bonchev–Trinajstić information content (AvgIpc) is 3.02. The zero-order valence-electron chi connectivity index (χ0n) is 27.8. The molecule has 1 rings (SSSR count). The third-order valence-electron chi connectivity index (χ3n) is 8.41. The molecule has 0 atom stereocenters. The fourth-order valence-corrected chi connectivity index (χ4v) is 5.64. The number of carbonyl (C=O) groups excluding carboxylic acids is 1. The number of esters is 1. The molecule has 0 heterocycles. The van der Waals surface area contributed by atoms with E-state index in [0.717, 1.165) is 24.8 Å². The number of carbonyl (C=O) groups is 1. The maximum atomic E-state index is 11.9. The Morgan fingerprint density at radius 1 is 0.605 bits per heavy atom. The molecule has 0 aromatic heterocycles. The largest absolute Gasteiger partial charge is 0.504 e. The Hall–Kier alpha value is -2.01. The molecule has 248 valence electrons. The molecule has 43 heavy (non-hydrogen) atoms. The van der Waals surface area contributed by atoms with Gasteiger partial charge in [-0.25, -0.2) is 4.79 Å². The van der Waals surface area contributed by atoms with Crippen molar-refractivity contribution in [2.45, 2.75) is 167 Å². The molecular formula is C38H66O5. The number of aromatic hydroxyl groups is 1. The predicted molar refractivity (Wildman–Crippen MR) is 182 cm³/mol. The highest BCUT2D eigenvalue weighted by Crippen LogP contribution is 2.26. The zero-order chi connectivity index (χ0) is 31.1. The number of hydrogen-bond acceptors (Lipinski definition) is 5. The molecule has 0 saturated heterocycles. The van der Waals surface area contributed by atoms with E-state index < -0.39 is 0 Å². The Morgan fingerprint density at radius 2 is 0.977 bits per heavy atom. The molecule has 0 saturated carbocycles. The van der Waals surface area contributed by atoms with Gasteiger partial charge in [0, 0.05) is 12.7 Å². The smallest absolute Gasteiger partial charge is 0.330 e. The summed E-state index contributed by atoms with van der Waals surface area (Å²) in [6, 6.07) is 4.95. The lowest BCUT2D eigenvalue weighted by Crippen LogP contribution is -2.02. The fraction of sp³-hybridized carbons (Fsp3) is 0.763. The number of aliphatic hydroxyl groups is 1. The van der Waals surface area contributed by atoms with Crippen molar-refractivity contribution >= 4 is 12.0 Å². The Bertz CT molecular complexity index is 791. The van der Waals surface area contributed by atoms with E-state index in [1.165, 1.54) is 161 Å². The molecule has 0 fully saturated rings. The van der Waals surface area contributed by atoms with Gasteiger partial charge in [-0.05, 0) is 36.6 Å². The number of phenols is 1. The van der Waals surface area contributed by atoms with Crippen LogP contribution in [0.5, 0.6) is 11.5 Å². The van der Waals surface area contributed by atoms with Crippen molar-refractivity contribution in [3.63, 3.8) is 0 Å². The van der Waals surface area contributed by atoms with Crippen LogP contribution in [0.25, 0.3) is 6.08 Å². The first-order valence-corrected chi connectivity index (χ1v) is 18.0. The quantitative estimate of drug-likeness (QED) is 0.0502. The lowest BCUT2D eigenvalue weighted by Gasteiger charge is -2.05. The molecule has 0 bridgehead atoms. The molecule has 1 aromatic rings. The van der Waals surface area contributed by atoms with E-state index in [2.05, 4.69) is 0 Å². The number of methoxy groups -OCH3 is 1. The third-order valence-corrected chi connectivity index (χ3v) is 8.41. The van der Waals surface area contributed by atoms with Crippen molar-refractivity contribution < 1.29 is 24.5 Å². The van der Waals surface area contributed by atoms with E-state index in [1.807, 2.05) is 0 Å². The molecule has 1 aromatic carbocycles. The molecule has 5 nitrogen and oxygen atoms in total. The standard InChI is InChI=1S/C38H66O5/c1-42-37-34-35(28-30-36(37)40)29-31-38(41)43-33-27-25-23-21-19-17-15-13-11-9-7-5-3-2-4-6-8-10-12-14-16-18-20-22-24-26-32-39/h28-31,34,39-40H,2-27,32-33H2,1H3. The maximum absolute atomic E-state index is 11.9. The lowest BCUT2D eigenvalue weighted by atomic mass is 10.0. The van der Waals surface area contributed by atoms with Crippen LogP contribution in [0.2, 0.25) is 0 Å². The SMILES string of the molecule is COc1cc(C=CC(=O)OCCCCCCCCCCCCCCCCCCCCCCCCCCCCO)ccc1O. The predicted octanol–water partition coefficient (Wildman–Crippen LogP) is 11.1. The third kappa shape index (κ3) is 25.1. The minimum absolute atomic E-state index is 0.0787. The summed E-state index contributed by atoms with van der Waals surface area (Å²) >= 11 is 0. The Morgan fingerprint density at radius 3 is 1.35 bits per heavy atom. The monoisotopic (exact) mass is 602 g/mol. The first-order chi connectivity index (χ1) is 21.2. The van der Waals surface area contributed by atoms with Crippen LogP contribution in [0.1, 0.15) is 173 Å². The molecular weight excluding hydrogens is 536 g/mol. The second-order valence-electron chi connectivity index (χ2n) is 12.3. The van der Waals surface area contributed by atoms with Gasteiger partial charge < -0.3 is 19.7 Å². The Kier molecular flexibility index (Phi) is 27.3.